The fourth-order valence-corrected chi connectivity index (χ4v) is 3.81. The first-order valence-corrected chi connectivity index (χ1v) is 10.4. The van der Waals surface area contributed by atoms with Crippen molar-refractivity contribution < 1.29 is 19.2 Å². The first kappa shape index (κ1) is 21.1. The van der Waals surface area contributed by atoms with Crippen molar-refractivity contribution in [1.29, 1.82) is 0 Å². The molecule has 1 unspecified atom stereocenters. The number of benzene rings is 1. The molecule has 0 bridgehead atoms. The molecule has 1 aromatic carbocycles. The minimum Gasteiger partial charge on any atom is -0.494 e. The third-order valence-corrected chi connectivity index (χ3v) is 5.83. The molecule has 2 aromatic rings. The predicted octanol–water partition coefficient (Wildman–Crippen LogP) is 4.52. The number of nitrogens with zero attached hydrogens (tertiary/aromatic N) is 3. The van der Waals surface area contributed by atoms with E-state index in [1.807, 2.05) is 0 Å². The molecule has 1 saturated heterocycles. The summed E-state index contributed by atoms with van der Waals surface area (Å²) in [5.74, 6) is 2.07. The van der Waals surface area contributed by atoms with E-state index in [9.17, 15) is 4.79 Å². The average Bonchev–Trinajstić information content (AvgIpc) is 3.18. The normalized spacial score (nSPS) is 16.2. The second-order valence-electron chi connectivity index (χ2n) is 8.31. The number of aromatic carboxylic acids is 1. The standard InChI is InChI=1S/C22H31N3O4/c1-14(2)20-23-22(29-24-20)25-10-7-17(8-11-25)15(3)9-12-28-18-5-6-19(21(26)27)16(4)13-18/h5-6,13-15,17H,7-12H2,1-4H3,(H,26,27). The lowest BCUT2D eigenvalue weighted by molar-refractivity contribution is 0.0696. The van der Waals surface area contributed by atoms with Crippen LogP contribution in [0.2, 0.25) is 0 Å². The highest BCUT2D eigenvalue weighted by Crippen LogP contribution is 2.30. The lowest BCUT2D eigenvalue weighted by atomic mass is 9.84. The van der Waals surface area contributed by atoms with E-state index >= 15 is 0 Å². The smallest absolute Gasteiger partial charge is 0.335 e. The van der Waals surface area contributed by atoms with Crippen LogP contribution in [0.3, 0.4) is 0 Å². The highest BCUT2D eigenvalue weighted by molar-refractivity contribution is 5.89. The van der Waals surface area contributed by atoms with Gasteiger partial charge in [-0.05, 0) is 61.8 Å². The molecule has 0 saturated carbocycles. The maximum absolute atomic E-state index is 11.1. The van der Waals surface area contributed by atoms with E-state index in [-0.39, 0.29) is 5.92 Å². The molecule has 0 amide bonds. The van der Waals surface area contributed by atoms with Crippen molar-refractivity contribution in [3.63, 3.8) is 0 Å². The van der Waals surface area contributed by atoms with Gasteiger partial charge in [-0.25, -0.2) is 4.79 Å². The highest BCUT2D eigenvalue weighted by atomic mass is 16.5. The average molecular weight is 402 g/mol. The van der Waals surface area contributed by atoms with Crippen molar-refractivity contribution in [3.8, 4) is 5.75 Å². The molecule has 1 fully saturated rings. The molecule has 0 spiro atoms. The van der Waals surface area contributed by atoms with Crippen LogP contribution < -0.4 is 9.64 Å². The van der Waals surface area contributed by atoms with Crippen molar-refractivity contribution in [2.75, 3.05) is 24.6 Å². The zero-order valence-electron chi connectivity index (χ0n) is 17.7. The van der Waals surface area contributed by atoms with Crippen molar-refractivity contribution in [2.24, 2.45) is 11.8 Å². The largest absolute Gasteiger partial charge is 0.494 e. The first-order chi connectivity index (χ1) is 13.8. The van der Waals surface area contributed by atoms with Crippen LogP contribution in [-0.2, 0) is 0 Å². The van der Waals surface area contributed by atoms with E-state index in [0.717, 1.165) is 49.5 Å². The van der Waals surface area contributed by atoms with Gasteiger partial charge in [0.1, 0.15) is 5.75 Å². The molecule has 1 N–H and O–H groups in total. The first-order valence-electron chi connectivity index (χ1n) is 10.4. The summed E-state index contributed by atoms with van der Waals surface area (Å²) in [6.07, 6.45) is 3.18. The van der Waals surface area contributed by atoms with Gasteiger partial charge in [0.05, 0.1) is 12.2 Å². The van der Waals surface area contributed by atoms with Crippen LogP contribution in [0.25, 0.3) is 0 Å². The number of piperidine rings is 1. The van der Waals surface area contributed by atoms with Crippen LogP contribution in [0.4, 0.5) is 6.01 Å². The third kappa shape index (κ3) is 5.28. The summed E-state index contributed by atoms with van der Waals surface area (Å²) >= 11 is 0. The summed E-state index contributed by atoms with van der Waals surface area (Å²) < 4.78 is 11.3. The molecule has 2 heterocycles. The third-order valence-electron chi connectivity index (χ3n) is 5.83. The number of hydrogen-bond acceptors (Lipinski definition) is 6. The Kier molecular flexibility index (Phi) is 6.77. The van der Waals surface area contributed by atoms with Gasteiger partial charge in [0.15, 0.2) is 5.82 Å². The molecule has 1 aromatic heterocycles. The van der Waals surface area contributed by atoms with Gasteiger partial charge in [-0.2, -0.15) is 4.98 Å². The number of hydrogen-bond donors (Lipinski definition) is 1. The number of ether oxygens (including phenoxy) is 1. The van der Waals surface area contributed by atoms with Crippen LogP contribution in [0.15, 0.2) is 22.7 Å². The predicted molar refractivity (Wildman–Crippen MR) is 111 cm³/mol. The number of aryl methyl sites for hydroxylation is 1. The van der Waals surface area contributed by atoms with Gasteiger partial charge in [0, 0.05) is 19.0 Å². The van der Waals surface area contributed by atoms with E-state index in [0.29, 0.717) is 30.0 Å². The van der Waals surface area contributed by atoms with E-state index in [2.05, 4.69) is 35.8 Å². The lowest BCUT2D eigenvalue weighted by Gasteiger charge is -2.33. The van der Waals surface area contributed by atoms with Gasteiger partial charge < -0.3 is 19.3 Å². The SMILES string of the molecule is Cc1cc(OCCC(C)C2CCN(c3nc(C(C)C)no3)CC2)ccc1C(=O)O. The van der Waals surface area contributed by atoms with Gasteiger partial charge in [0.2, 0.25) is 0 Å². The fraction of sp³-hybridized carbons (Fsp3) is 0.591. The Morgan fingerprint density at radius 2 is 2.03 bits per heavy atom. The van der Waals surface area contributed by atoms with E-state index in [1.165, 1.54) is 0 Å². The molecule has 7 nitrogen and oxygen atoms in total. The van der Waals surface area contributed by atoms with Crippen molar-refractivity contribution >= 4 is 12.0 Å². The fourth-order valence-electron chi connectivity index (χ4n) is 3.81. The Balaban J connectivity index is 1.43. The summed E-state index contributed by atoms with van der Waals surface area (Å²) in [5.41, 5.74) is 1.04. The van der Waals surface area contributed by atoms with Crippen molar-refractivity contribution in [3.05, 3.63) is 35.2 Å². The van der Waals surface area contributed by atoms with E-state index < -0.39 is 5.97 Å². The molecule has 1 atom stereocenters. The van der Waals surface area contributed by atoms with Crippen LogP contribution in [0.1, 0.15) is 67.7 Å². The summed E-state index contributed by atoms with van der Waals surface area (Å²) in [6.45, 7) is 10.7. The Morgan fingerprint density at radius 3 is 2.62 bits per heavy atom. The summed E-state index contributed by atoms with van der Waals surface area (Å²) in [4.78, 5) is 17.8. The lowest BCUT2D eigenvalue weighted by Crippen LogP contribution is -2.36. The van der Waals surface area contributed by atoms with Gasteiger partial charge in [-0.3, -0.25) is 0 Å². The van der Waals surface area contributed by atoms with Crippen LogP contribution in [0.5, 0.6) is 5.75 Å². The number of carbonyl (C=O) groups is 1. The molecule has 29 heavy (non-hydrogen) atoms. The Labute approximate surface area is 172 Å². The van der Waals surface area contributed by atoms with Gasteiger partial charge in [-0.15, -0.1) is 0 Å². The topological polar surface area (TPSA) is 88.7 Å². The van der Waals surface area contributed by atoms with Crippen LogP contribution >= 0.6 is 0 Å². The molecule has 158 valence electrons. The second kappa shape index (κ2) is 9.29. The number of rotatable bonds is 8. The zero-order valence-corrected chi connectivity index (χ0v) is 17.7. The summed E-state index contributed by atoms with van der Waals surface area (Å²) in [5, 5.41) is 13.2. The molecule has 7 heteroatoms. The summed E-state index contributed by atoms with van der Waals surface area (Å²) in [6, 6.07) is 5.77. The minimum absolute atomic E-state index is 0.272. The maximum atomic E-state index is 11.1. The second-order valence-corrected chi connectivity index (χ2v) is 8.31. The number of carboxylic acids is 1. The molecular weight excluding hydrogens is 370 g/mol. The summed E-state index contributed by atoms with van der Waals surface area (Å²) in [7, 11) is 0. The molecule has 3 rings (SSSR count). The van der Waals surface area contributed by atoms with Gasteiger partial charge in [0.25, 0.3) is 0 Å². The van der Waals surface area contributed by atoms with Crippen LogP contribution in [-0.4, -0.2) is 40.9 Å². The number of carboxylic acid groups (broad SMARTS) is 1. The quantitative estimate of drug-likeness (QED) is 0.695. The molecule has 0 aliphatic carbocycles. The van der Waals surface area contributed by atoms with Crippen LogP contribution in [0, 0.1) is 18.8 Å². The Morgan fingerprint density at radius 1 is 1.31 bits per heavy atom. The molecular formula is C22H31N3O4. The number of aromatic nitrogens is 2. The van der Waals surface area contributed by atoms with E-state index in [1.54, 1.807) is 25.1 Å². The van der Waals surface area contributed by atoms with Crippen molar-refractivity contribution in [2.45, 2.75) is 52.9 Å². The van der Waals surface area contributed by atoms with Crippen molar-refractivity contribution in [1.82, 2.24) is 10.1 Å². The maximum Gasteiger partial charge on any atom is 0.335 e. The Bertz CT molecular complexity index is 825. The van der Waals surface area contributed by atoms with E-state index in [4.69, 9.17) is 14.4 Å². The van der Waals surface area contributed by atoms with Gasteiger partial charge in [-0.1, -0.05) is 25.9 Å². The molecule has 1 aliphatic rings. The van der Waals surface area contributed by atoms with Gasteiger partial charge >= 0.3 is 12.0 Å². The zero-order chi connectivity index (χ0) is 21.0. The molecule has 1 aliphatic heterocycles. The monoisotopic (exact) mass is 401 g/mol. The minimum atomic E-state index is -0.907. The Hall–Kier alpha value is -2.57. The number of anilines is 1. The molecule has 0 radical (unpaired) electrons. The highest BCUT2D eigenvalue weighted by Gasteiger charge is 2.26.